The van der Waals surface area contributed by atoms with Crippen molar-refractivity contribution < 1.29 is 8.42 Å². The first-order valence-electron chi connectivity index (χ1n) is 6.08. The van der Waals surface area contributed by atoms with Gasteiger partial charge in [0.1, 0.15) is 0 Å². The Labute approximate surface area is 99.2 Å². The van der Waals surface area contributed by atoms with Crippen LogP contribution in [0.25, 0.3) is 0 Å². The fraction of sp³-hybridized carbons (Fsp3) is 0.833. The molecule has 3 nitrogen and oxygen atoms in total. The summed E-state index contributed by atoms with van der Waals surface area (Å²) in [6.07, 6.45) is 7.86. The summed E-state index contributed by atoms with van der Waals surface area (Å²) < 4.78 is 23.3. The quantitative estimate of drug-likeness (QED) is 0.727. The van der Waals surface area contributed by atoms with Crippen LogP contribution in [0.5, 0.6) is 0 Å². The molecule has 0 amide bonds. The van der Waals surface area contributed by atoms with E-state index in [0.29, 0.717) is 0 Å². The highest BCUT2D eigenvalue weighted by molar-refractivity contribution is 7.91. The van der Waals surface area contributed by atoms with Crippen LogP contribution in [0.2, 0.25) is 0 Å². The minimum absolute atomic E-state index is 0.0115. The standard InChI is InChI=1S/C12H23NO2S/c1-4-9-13-12(10(2)16(3,14)15)11-7-5-6-8-11/h7,10,12-13H,4-6,8-9H2,1-3H3. The topological polar surface area (TPSA) is 46.2 Å². The van der Waals surface area contributed by atoms with Crippen LogP contribution in [0.15, 0.2) is 11.6 Å². The number of nitrogens with one attached hydrogen (secondary N) is 1. The first kappa shape index (κ1) is 13.7. The molecule has 1 aliphatic rings. The van der Waals surface area contributed by atoms with Crippen LogP contribution < -0.4 is 5.32 Å². The highest BCUT2D eigenvalue weighted by Crippen LogP contribution is 2.24. The third-order valence-corrected chi connectivity index (χ3v) is 4.86. The molecule has 0 spiro atoms. The second kappa shape index (κ2) is 5.82. The molecule has 0 bridgehead atoms. The lowest BCUT2D eigenvalue weighted by Crippen LogP contribution is -2.43. The Hall–Kier alpha value is -0.350. The summed E-state index contributed by atoms with van der Waals surface area (Å²) in [6, 6.07) is 0.0115. The van der Waals surface area contributed by atoms with Gasteiger partial charge in [-0.15, -0.1) is 0 Å². The van der Waals surface area contributed by atoms with Gasteiger partial charge in [-0.2, -0.15) is 0 Å². The zero-order valence-corrected chi connectivity index (χ0v) is 11.3. The Morgan fingerprint density at radius 2 is 2.19 bits per heavy atom. The Morgan fingerprint density at radius 3 is 2.62 bits per heavy atom. The van der Waals surface area contributed by atoms with Gasteiger partial charge in [-0.25, -0.2) is 8.42 Å². The van der Waals surface area contributed by atoms with E-state index in [2.05, 4.69) is 18.3 Å². The van der Waals surface area contributed by atoms with Crippen molar-refractivity contribution in [2.24, 2.45) is 0 Å². The molecule has 0 aliphatic heterocycles. The van der Waals surface area contributed by atoms with Crippen LogP contribution >= 0.6 is 0 Å². The first-order valence-corrected chi connectivity index (χ1v) is 8.03. The zero-order valence-electron chi connectivity index (χ0n) is 10.5. The predicted octanol–water partition coefficient (Wildman–Crippen LogP) is 1.90. The van der Waals surface area contributed by atoms with E-state index in [1.54, 1.807) is 0 Å². The van der Waals surface area contributed by atoms with Crippen molar-refractivity contribution in [3.63, 3.8) is 0 Å². The van der Waals surface area contributed by atoms with E-state index in [1.807, 2.05) is 6.92 Å². The van der Waals surface area contributed by atoms with Gasteiger partial charge in [0.15, 0.2) is 9.84 Å². The van der Waals surface area contributed by atoms with Crippen LogP contribution in [-0.4, -0.2) is 32.5 Å². The molecule has 94 valence electrons. The largest absolute Gasteiger partial charge is 0.309 e. The molecule has 2 atom stereocenters. The summed E-state index contributed by atoms with van der Waals surface area (Å²) in [5.74, 6) is 0. The van der Waals surface area contributed by atoms with E-state index >= 15 is 0 Å². The molecule has 1 N–H and O–H groups in total. The minimum Gasteiger partial charge on any atom is -0.309 e. The van der Waals surface area contributed by atoms with Crippen molar-refractivity contribution in [1.29, 1.82) is 0 Å². The number of sulfone groups is 1. The molecule has 0 saturated heterocycles. The first-order chi connectivity index (χ1) is 7.46. The lowest BCUT2D eigenvalue weighted by atomic mass is 10.0. The smallest absolute Gasteiger partial charge is 0.151 e. The van der Waals surface area contributed by atoms with Crippen LogP contribution in [0, 0.1) is 0 Å². The van der Waals surface area contributed by atoms with E-state index in [0.717, 1.165) is 32.2 Å². The van der Waals surface area contributed by atoms with Crippen molar-refractivity contribution in [3.8, 4) is 0 Å². The number of allylic oxidation sites excluding steroid dienone is 1. The third kappa shape index (κ3) is 3.59. The fourth-order valence-corrected chi connectivity index (χ4v) is 2.89. The van der Waals surface area contributed by atoms with E-state index < -0.39 is 9.84 Å². The molecule has 0 aromatic carbocycles. The second-order valence-corrected chi connectivity index (χ2v) is 7.04. The van der Waals surface area contributed by atoms with E-state index in [4.69, 9.17) is 0 Å². The van der Waals surface area contributed by atoms with Gasteiger partial charge < -0.3 is 5.32 Å². The van der Waals surface area contributed by atoms with Gasteiger partial charge >= 0.3 is 0 Å². The second-order valence-electron chi connectivity index (χ2n) is 4.64. The molecule has 1 aliphatic carbocycles. The average molecular weight is 245 g/mol. The molecule has 0 heterocycles. The van der Waals surface area contributed by atoms with E-state index in [1.165, 1.54) is 11.8 Å². The van der Waals surface area contributed by atoms with Crippen molar-refractivity contribution >= 4 is 9.84 Å². The SMILES string of the molecule is CCCNC(C1=CCCC1)C(C)S(C)(=O)=O. The van der Waals surface area contributed by atoms with Crippen LogP contribution in [0.3, 0.4) is 0 Å². The maximum absolute atomic E-state index is 11.6. The van der Waals surface area contributed by atoms with Crippen molar-refractivity contribution in [2.75, 3.05) is 12.8 Å². The highest BCUT2D eigenvalue weighted by Gasteiger charge is 2.29. The molecule has 0 fully saturated rings. The highest BCUT2D eigenvalue weighted by atomic mass is 32.2. The summed E-state index contributed by atoms with van der Waals surface area (Å²) in [4.78, 5) is 0. The fourth-order valence-electron chi connectivity index (χ4n) is 2.12. The Balaban J connectivity index is 2.78. The van der Waals surface area contributed by atoms with E-state index in [-0.39, 0.29) is 11.3 Å². The van der Waals surface area contributed by atoms with Crippen molar-refractivity contribution in [2.45, 2.75) is 50.8 Å². The molecule has 1 rings (SSSR count). The maximum Gasteiger partial charge on any atom is 0.151 e. The Bertz CT molecular complexity index is 346. The van der Waals surface area contributed by atoms with Gasteiger partial charge in [-0.3, -0.25) is 0 Å². The van der Waals surface area contributed by atoms with Crippen molar-refractivity contribution in [1.82, 2.24) is 5.32 Å². The molecule has 4 heteroatoms. The summed E-state index contributed by atoms with van der Waals surface area (Å²) >= 11 is 0. The summed E-state index contributed by atoms with van der Waals surface area (Å²) in [6.45, 7) is 4.78. The lowest BCUT2D eigenvalue weighted by Gasteiger charge is -2.25. The van der Waals surface area contributed by atoms with Crippen molar-refractivity contribution in [3.05, 3.63) is 11.6 Å². The molecule has 2 unspecified atom stereocenters. The number of hydrogen-bond acceptors (Lipinski definition) is 3. The van der Waals surface area contributed by atoms with Gasteiger partial charge in [0.2, 0.25) is 0 Å². The number of rotatable bonds is 6. The average Bonchev–Trinajstić information content (AvgIpc) is 2.70. The summed E-state index contributed by atoms with van der Waals surface area (Å²) in [7, 11) is -2.97. The molecular weight excluding hydrogens is 222 g/mol. The van der Waals surface area contributed by atoms with Crippen LogP contribution in [0.1, 0.15) is 39.5 Å². The van der Waals surface area contributed by atoms with Gasteiger partial charge in [-0.05, 0) is 39.2 Å². The monoisotopic (exact) mass is 245 g/mol. The summed E-state index contributed by atoms with van der Waals surface area (Å²) in [5.41, 5.74) is 1.28. The zero-order chi connectivity index (χ0) is 12.2. The Kier molecular flexibility index (Phi) is 4.99. The summed E-state index contributed by atoms with van der Waals surface area (Å²) in [5, 5.41) is 3.04. The predicted molar refractivity (Wildman–Crippen MR) is 68.3 cm³/mol. The van der Waals surface area contributed by atoms with Crippen LogP contribution in [-0.2, 0) is 9.84 Å². The minimum atomic E-state index is -2.97. The Morgan fingerprint density at radius 1 is 1.50 bits per heavy atom. The third-order valence-electron chi connectivity index (χ3n) is 3.23. The lowest BCUT2D eigenvalue weighted by molar-refractivity contribution is 0.519. The molecule has 0 aromatic heterocycles. The number of hydrogen-bond donors (Lipinski definition) is 1. The van der Waals surface area contributed by atoms with E-state index in [9.17, 15) is 8.42 Å². The maximum atomic E-state index is 11.6. The van der Waals surface area contributed by atoms with Gasteiger partial charge in [0.25, 0.3) is 0 Å². The normalized spacial score (nSPS) is 20.6. The van der Waals surface area contributed by atoms with Gasteiger partial charge in [-0.1, -0.05) is 18.6 Å². The molecular formula is C12H23NO2S. The van der Waals surface area contributed by atoms with Gasteiger partial charge in [0, 0.05) is 12.3 Å². The van der Waals surface area contributed by atoms with Crippen LogP contribution in [0.4, 0.5) is 0 Å². The molecule has 16 heavy (non-hydrogen) atoms. The molecule has 0 saturated carbocycles. The molecule has 0 radical (unpaired) electrons. The molecule has 0 aromatic rings. The van der Waals surface area contributed by atoms with Gasteiger partial charge in [0.05, 0.1) is 5.25 Å².